The van der Waals surface area contributed by atoms with Gasteiger partial charge in [0.2, 0.25) is 5.91 Å². The van der Waals surface area contributed by atoms with Crippen molar-refractivity contribution >= 4 is 22.7 Å². The minimum Gasteiger partial charge on any atom is -0.351 e. The molecular weight excluding hydrogens is 218 g/mol. The van der Waals surface area contributed by atoms with Gasteiger partial charge in [0, 0.05) is 28.9 Å². The van der Waals surface area contributed by atoms with E-state index in [-0.39, 0.29) is 6.04 Å². The van der Waals surface area contributed by atoms with E-state index in [4.69, 9.17) is 5.73 Å². The Morgan fingerprint density at radius 3 is 2.33 bits per heavy atom. The Morgan fingerprint density at radius 1 is 1.40 bits per heavy atom. The molecule has 0 heterocycles. The van der Waals surface area contributed by atoms with Crippen LogP contribution in [0.2, 0.25) is 0 Å². The van der Waals surface area contributed by atoms with E-state index in [1.54, 1.807) is 13.2 Å². The molecule has 3 unspecified atom stereocenters. The molecule has 0 aliphatic heterocycles. The number of nitrogens with one attached hydrogen (secondary N) is 2. The fraction of sp³-hybridized carbons (Fsp3) is 0.750. The van der Waals surface area contributed by atoms with Gasteiger partial charge in [-0.2, -0.15) is 0 Å². The molecule has 0 spiro atoms. The van der Waals surface area contributed by atoms with Crippen molar-refractivity contribution in [2.75, 3.05) is 12.0 Å². The van der Waals surface area contributed by atoms with Gasteiger partial charge in [-0.3, -0.25) is 14.3 Å². The minimum atomic E-state index is -0.922. The second kappa shape index (κ2) is 6.52. The molecule has 4 N–H and O–H groups in total. The summed E-state index contributed by atoms with van der Waals surface area (Å²) in [6.45, 7) is 3.42. The average molecular weight is 235 g/mol. The van der Waals surface area contributed by atoms with Gasteiger partial charge in [0.05, 0.1) is 6.04 Å². The summed E-state index contributed by atoms with van der Waals surface area (Å²) in [6, 6.07) is -1.49. The molecule has 0 aliphatic carbocycles. The lowest BCUT2D eigenvalue weighted by molar-refractivity contribution is -0.121. The molecule has 0 fully saturated rings. The summed E-state index contributed by atoms with van der Waals surface area (Å²) in [6.07, 6.45) is 1.59. The highest BCUT2D eigenvalue weighted by Gasteiger charge is 2.16. The number of urea groups is 1. The fourth-order valence-corrected chi connectivity index (χ4v) is 1.93. The van der Waals surface area contributed by atoms with Gasteiger partial charge in [-0.15, -0.1) is 0 Å². The molecule has 0 radical (unpaired) electrons. The predicted molar refractivity (Wildman–Crippen MR) is 58.7 cm³/mol. The minimum absolute atomic E-state index is 0.0653. The maximum absolute atomic E-state index is 11.2. The number of carbonyl (C=O) groups excluding carboxylic acids is 2. The lowest BCUT2D eigenvalue weighted by Gasteiger charge is -2.17. The van der Waals surface area contributed by atoms with Crippen molar-refractivity contribution in [1.29, 1.82) is 0 Å². The van der Waals surface area contributed by atoms with E-state index in [0.717, 1.165) is 0 Å². The van der Waals surface area contributed by atoms with E-state index in [9.17, 15) is 13.8 Å². The molecular formula is C8H17N3O3S. The highest BCUT2D eigenvalue weighted by molar-refractivity contribution is 7.84. The van der Waals surface area contributed by atoms with Gasteiger partial charge in [0.15, 0.2) is 0 Å². The van der Waals surface area contributed by atoms with E-state index in [2.05, 4.69) is 5.32 Å². The van der Waals surface area contributed by atoms with Crippen LogP contribution in [0, 0.1) is 0 Å². The van der Waals surface area contributed by atoms with Gasteiger partial charge in [0.1, 0.15) is 0 Å². The predicted octanol–water partition coefficient (Wildman–Crippen LogP) is -1.07. The topological polar surface area (TPSA) is 101 Å². The Balaban J connectivity index is 4.00. The first-order chi connectivity index (χ1) is 6.82. The van der Waals surface area contributed by atoms with Crippen LogP contribution >= 0.6 is 0 Å². The summed E-state index contributed by atoms with van der Waals surface area (Å²) in [5.41, 5.74) is 4.80. The first-order valence-corrected chi connectivity index (χ1v) is 6.22. The van der Waals surface area contributed by atoms with E-state index < -0.39 is 28.8 Å². The molecule has 0 saturated carbocycles. The summed E-state index contributed by atoms with van der Waals surface area (Å²) in [4.78, 5) is 21.6. The Hall–Kier alpha value is -0.950. The van der Waals surface area contributed by atoms with Crippen LogP contribution in [-0.2, 0) is 15.6 Å². The summed E-state index contributed by atoms with van der Waals surface area (Å²) in [5, 5.41) is 4.87. The monoisotopic (exact) mass is 235 g/mol. The van der Waals surface area contributed by atoms with Crippen LogP contribution in [-0.4, -0.2) is 40.2 Å². The number of hydrogen-bond donors (Lipinski definition) is 3. The zero-order chi connectivity index (χ0) is 12.0. The standard InChI is InChI=1S/C8H17N3O3S/c1-5(4-15(3)14)10-6(2)7(12)11-8(9)13/h5-6,10H,4H2,1-3H3,(H3,9,11,12,13). The van der Waals surface area contributed by atoms with Crippen LogP contribution < -0.4 is 16.4 Å². The van der Waals surface area contributed by atoms with Gasteiger partial charge in [-0.05, 0) is 13.8 Å². The van der Waals surface area contributed by atoms with Crippen LogP contribution in [0.3, 0.4) is 0 Å². The molecule has 6 nitrogen and oxygen atoms in total. The number of imide groups is 1. The molecule has 0 aromatic rings. The van der Waals surface area contributed by atoms with Crippen LogP contribution in [0.15, 0.2) is 0 Å². The van der Waals surface area contributed by atoms with Gasteiger partial charge in [-0.1, -0.05) is 0 Å². The van der Waals surface area contributed by atoms with E-state index in [1.807, 2.05) is 12.2 Å². The first kappa shape index (κ1) is 14.1. The normalized spacial score (nSPS) is 16.5. The smallest absolute Gasteiger partial charge is 0.318 e. The Bertz CT molecular complexity index is 270. The van der Waals surface area contributed by atoms with E-state index in [1.165, 1.54) is 0 Å². The number of rotatable bonds is 5. The Morgan fingerprint density at radius 2 is 1.93 bits per heavy atom. The molecule has 0 bridgehead atoms. The summed E-state index contributed by atoms with van der Waals surface area (Å²) in [5.74, 6) is -0.0370. The van der Waals surface area contributed by atoms with Gasteiger partial charge >= 0.3 is 6.03 Å². The lowest BCUT2D eigenvalue weighted by Crippen LogP contribution is -2.49. The summed E-state index contributed by atoms with van der Waals surface area (Å²) >= 11 is 0. The number of nitrogens with two attached hydrogens (primary N) is 1. The maximum Gasteiger partial charge on any atom is 0.318 e. The molecule has 88 valence electrons. The van der Waals surface area contributed by atoms with Gasteiger partial charge < -0.3 is 11.1 Å². The first-order valence-electron chi connectivity index (χ1n) is 4.49. The van der Waals surface area contributed by atoms with Crippen molar-refractivity contribution < 1.29 is 13.8 Å². The van der Waals surface area contributed by atoms with Crippen molar-refractivity contribution in [2.45, 2.75) is 25.9 Å². The maximum atomic E-state index is 11.2. The van der Waals surface area contributed by atoms with Crippen LogP contribution in [0.1, 0.15) is 13.8 Å². The van der Waals surface area contributed by atoms with Crippen molar-refractivity contribution in [3.63, 3.8) is 0 Å². The fourth-order valence-electron chi connectivity index (χ4n) is 1.13. The second-order valence-electron chi connectivity index (χ2n) is 3.38. The molecule has 0 aromatic heterocycles. The third-order valence-electron chi connectivity index (χ3n) is 1.66. The molecule has 15 heavy (non-hydrogen) atoms. The zero-order valence-electron chi connectivity index (χ0n) is 9.07. The van der Waals surface area contributed by atoms with E-state index >= 15 is 0 Å². The Kier molecular flexibility index (Phi) is 6.11. The molecule has 0 saturated heterocycles. The third-order valence-corrected chi connectivity index (χ3v) is 2.63. The number of amides is 3. The largest absolute Gasteiger partial charge is 0.351 e. The van der Waals surface area contributed by atoms with E-state index in [0.29, 0.717) is 5.75 Å². The number of primary amides is 1. The molecule has 0 aromatic carbocycles. The van der Waals surface area contributed by atoms with Gasteiger partial charge in [-0.25, -0.2) is 4.79 Å². The van der Waals surface area contributed by atoms with Crippen LogP contribution in [0.25, 0.3) is 0 Å². The third kappa shape index (κ3) is 7.03. The number of carbonyl (C=O) groups is 2. The second-order valence-corrected chi connectivity index (χ2v) is 4.86. The lowest BCUT2D eigenvalue weighted by atomic mass is 10.2. The molecule has 0 rings (SSSR count). The van der Waals surface area contributed by atoms with Crippen molar-refractivity contribution in [3.8, 4) is 0 Å². The summed E-state index contributed by atoms with van der Waals surface area (Å²) in [7, 11) is -0.922. The highest BCUT2D eigenvalue weighted by Crippen LogP contribution is 1.90. The SMILES string of the molecule is CC(CS(C)=O)NC(C)C(=O)NC(N)=O. The molecule has 0 aliphatic rings. The van der Waals surface area contributed by atoms with Crippen LogP contribution in [0.5, 0.6) is 0 Å². The van der Waals surface area contributed by atoms with Gasteiger partial charge in [0.25, 0.3) is 0 Å². The molecule has 3 atom stereocenters. The van der Waals surface area contributed by atoms with Crippen molar-refractivity contribution in [1.82, 2.24) is 10.6 Å². The Labute approximate surface area is 91.4 Å². The molecule has 3 amide bonds. The zero-order valence-corrected chi connectivity index (χ0v) is 9.89. The molecule has 7 heteroatoms. The quantitative estimate of drug-likeness (QED) is 0.564. The highest BCUT2D eigenvalue weighted by atomic mass is 32.2. The number of hydrogen-bond acceptors (Lipinski definition) is 4. The van der Waals surface area contributed by atoms with Crippen molar-refractivity contribution in [2.24, 2.45) is 5.73 Å². The average Bonchev–Trinajstić information content (AvgIpc) is 2.00. The van der Waals surface area contributed by atoms with Crippen molar-refractivity contribution in [3.05, 3.63) is 0 Å². The summed E-state index contributed by atoms with van der Waals surface area (Å²) < 4.78 is 10.9. The van der Waals surface area contributed by atoms with Crippen LogP contribution in [0.4, 0.5) is 4.79 Å².